The van der Waals surface area contributed by atoms with Crippen LogP contribution in [0.2, 0.25) is 0 Å². The SMILES string of the molecule is C[C@H]1c2ccccc2O[C@H]1C(=O)Nc1cnccn1. The van der Waals surface area contributed by atoms with Gasteiger partial charge in [-0.15, -0.1) is 0 Å². The van der Waals surface area contributed by atoms with Gasteiger partial charge in [-0.3, -0.25) is 9.78 Å². The van der Waals surface area contributed by atoms with Gasteiger partial charge in [0.05, 0.1) is 6.20 Å². The zero-order valence-electron chi connectivity index (χ0n) is 10.4. The van der Waals surface area contributed by atoms with Crippen LogP contribution in [-0.2, 0) is 4.79 Å². The van der Waals surface area contributed by atoms with Gasteiger partial charge in [0.25, 0.3) is 5.91 Å². The number of hydrogen-bond donors (Lipinski definition) is 1. The molecular formula is C14H13N3O2. The van der Waals surface area contributed by atoms with Crippen LogP contribution in [0.3, 0.4) is 0 Å². The second-order valence-electron chi connectivity index (χ2n) is 4.44. The minimum absolute atomic E-state index is 0.0212. The number of rotatable bonds is 2. The molecule has 1 aromatic carbocycles. The third-order valence-corrected chi connectivity index (χ3v) is 3.19. The largest absolute Gasteiger partial charge is 0.480 e. The Labute approximate surface area is 110 Å². The molecule has 0 saturated heterocycles. The van der Waals surface area contributed by atoms with Gasteiger partial charge in [-0.05, 0) is 6.07 Å². The van der Waals surface area contributed by atoms with Crippen LogP contribution in [0.15, 0.2) is 42.9 Å². The van der Waals surface area contributed by atoms with Crippen molar-refractivity contribution in [1.29, 1.82) is 0 Å². The van der Waals surface area contributed by atoms with Gasteiger partial charge < -0.3 is 10.1 Å². The third-order valence-electron chi connectivity index (χ3n) is 3.19. The first kappa shape index (κ1) is 11.6. The van der Waals surface area contributed by atoms with E-state index in [9.17, 15) is 4.79 Å². The number of nitrogens with zero attached hydrogens (tertiary/aromatic N) is 2. The molecule has 5 heteroatoms. The maximum Gasteiger partial charge on any atom is 0.267 e. The van der Waals surface area contributed by atoms with E-state index in [2.05, 4.69) is 15.3 Å². The fourth-order valence-electron chi connectivity index (χ4n) is 2.21. The summed E-state index contributed by atoms with van der Waals surface area (Å²) in [6.07, 6.45) is 4.06. The minimum Gasteiger partial charge on any atom is -0.480 e. The summed E-state index contributed by atoms with van der Waals surface area (Å²) >= 11 is 0. The van der Waals surface area contributed by atoms with Crippen molar-refractivity contribution in [3.05, 3.63) is 48.4 Å². The van der Waals surface area contributed by atoms with E-state index in [0.717, 1.165) is 11.3 Å². The summed E-state index contributed by atoms with van der Waals surface area (Å²) in [5, 5.41) is 2.71. The Morgan fingerprint density at radius 2 is 2.16 bits per heavy atom. The van der Waals surface area contributed by atoms with Crippen LogP contribution in [0.1, 0.15) is 18.4 Å². The van der Waals surface area contributed by atoms with Gasteiger partial charge in [-0.2, -0.15) is 0 Å². The fourth-order valence-corrected chi connectivity index (χ4v) is 2.21. The van der Waals surface area contributed by atoms with E-state index in [1.807, 2.05) is 31.2 Å². The number of fused-ring (bicyclic) bond motifs is 1. The van der Waals surface area contributed by atoms with Crippen LogP contribution < -0.4 is 10.1 Å². The molecule has 1 aliphatic rings. The van der Waals surface area contributed by atoms with Crippen molar-refractivity contribution in [1.82, 2.24) is 9.97 Å². The quantitative estimate of drug-likeness (QED) is 0.891. The number of para-hydroxylation sites is 1. The second-order valence-corrected chi connectivity index (χ2v) is 4.44. The molecule has 2 heterocycles. The van der Waals surface area contributed by atoms with Gasteiger partial charge >= 0.3 is 0 Å². The number of hydrogen-bond acceptors (Lipinski definition) is 4. The van der Waals surface area contributed by atoms with Crippen molar-refractivity contribution in [2.24, 2.45) is 0 Å². The molecule has 0 unspecified atom stereocenters. The Kier molecular flexibility index (Phi) is 2.87. The molecule has 0 spiro atoms. The summed E-state index contributed by atoms with van der Waals surface area (Å²) < 4.78 is 5.69. The Bertz CT molecular complexity index is 601. The zero-order chi connectivity index (χ0) is 13.2. The molecule has 96 valence electrons. The molecule has 1 amide bonds. The normalized spacial score (nSPS) is 20.5. The first-order valence-corrected chi connectivity index (χ1v) is 6.08. The van der Waals surface area contributed by atoms with Crippen molar-refractivity contribution in [3.63, 3.8) is 0 Å². The van der Waals surface area contributed by atoms with E-state index in [0.29, 0.717) is 5.82 Å². The average molecular weight is 255 g/mol. The molecule has 2 atom stereocenters. The zero-order valence-corrected chi connectivity index (χ0v) is 10.4. The van der Waals surface area contributed by atoms with Crippen LogP contribution in [0.5, 0.6) is 5.75 Å². The molecule has 0 radical (unpaired) electrons. The Balaban J connectivity index is 1.77. The average Bonchev–Trinajstić information content (AvgIpc) is 2.78. The number of benzene rings is 1. The number of ether oxygens (including phenoxy) is 1. The molecular weight excluding hydrogens is 242 g/mol. The number of carbonyl (C=O) groups excluding carboxylic acids is 1. The minimum atomic E-state index is -0.528. The van der Waals surface area contributed by atoms with Crippen molar-refractivity contribution < 1.29 is 9.53 Å². The molecule has 2 aromatic rings. The lowest BCUT2D eigenvalue weighted by Gasteiger charge is -2.14. The van der Waals surface area contributed by atoms with E-state index < -0.39 is 6.10 Å². The highest BCUT2D eigenvalue weighted by Crippen LogP contribution is 2.37. The van der Waals surface area contributed by atoms with Gasteiger partial charge in [-0.25, -0.2) is 4.98 Å². The highest BCUT2D eigenvalue weighted by Gasteiger charge is 2.36. The summed E-state index contributed by atoms with van der Waals surface area (Å²) in [7, 11) is 0. The molecule has 1 aliphatic heterocycles. The monoisotopic (exact) mass is 255 g/mol. The maximum absolute atomic E-state index is 12.2. The first-order chi connectivity index (χ1) is 9.25. The van der Waals surface area contributed by atoms with E-state index >= 15 is 0 Å². The molecule has 5 nitrogen and oxygen atoms in total. The summed E-state index contributed by atoms with van der Waals surface area (Å²) in [5.41, 5.74) is 1.06. The molecule has 19 heavy (non-hydrogen) atoms. The Morgan fingerprint density at radius 1 is 1.32 bits per heavy atom. The summed E-state index contributed by atoms with van der Waals surface area (Å²) in [4.78, 5) is 20.1. The van der Waals surface area contributed by atoms with Crippen LogP contribution in [0.4, 0.5) is 5.82 Å². The van der Waals surface area contributed by atoms with Crippen molar-refractivity contribution in [2.75, 3.05) is 5.32 Å². The predicted octanol–water partition coefficient (Wildman–Crippen LogP) is 1.98. The molecule has 0 bridgehead atoms. The van der Waals surface area contributed by atoms with E-state index in [1.54, 1.807) is 6.20 Å². The van der Waals surface area contributed by atoms with E-state index in [4.69, 9.17) is 4.74 Å². The lowest BCUT2D eigenvalue weighted by atomic mass is 9.97. The maximum atomic E-state index is 12.2. The number of amides is 1. The van der Waals surface area contributed by atoms with Gasteiger partial charge in [0, 0.05) is 23.9 Å². The summed E-state index contributed by atoms with van der Waals surface area (Å²) in [6.45, 7) is 1.98. The van der Waals surface area contributed by atoms with Crippen molar-refractivity contribution in [2.45, 2.75) is 18.9 Å². The van der Waals surface area contributed by atoms with Gasteiger partial charge in [-0.1, -0.05) is 25.1 Å². The van der Waals surface area contributed by atoms with Gasteiger partial charge in [0.15, 0.2) is 11.9 Å². The van der Waals surface area contributed by atoms with Crippen LogP contribution in [0, 0.1) is 0 Å². The first-order valence-electron chi connectivity index (χ1n) is 6.08. The Hall–Kier alpha value is -2.43. The predicted molar refractivity (Wildman–Crippen MR) is 69.9 cm³/mol. The molecule has 0 aliphatic carbocycles. The Morgan fingerprint density at radius 3 is 2.89 bits per heavy atom. The lowest BCUT2D eigenvalue weighted by Crippen LogP contribution is -2.33. The van der Waals surface area contributed by atoms with Gasteiger partial charge in [0.2, 0.25) is 0 Å². The molecule has 0 saturated carbocycles. The number of anilines is 1. The van der Waals surface area contributed by atoms with Crippen LogP contribution >= 0.6 is 0 Å². The molecule has 0 fully saturated rings. The highest BCUT2D eigenvalue weighted by molar-refractivity contribution is 5.94. The number of nitrogens with one attached hydrogen (secondary N) is 1. The molecule has 1 aromatic heterocycles. The topological polar surface area (TPSA) is 64.1 Å². The van der Waals surface area contributed by atoms with Crippen LogP contribution in [-0.4, -0.2) is 22.0 Å². The smallest absolute Gasteiger partial charge is 0.267 e. The van der Waals surface area contributed by atoms with Crippen molar-refractivity contribution in [3.8, 4) is 5.75 Å². The van der Waals surface area contributed by atoms with E-state index in [-0.39, 0.29) is 11.8 Å². The van der Waals surface area contributed by atoms with Crippen LogP contribution in [0.25, 0.3) is 0 Å². The summed E-state index contributed by atoms with van der Waals surface area (Å²) in [6, 6.07) is 7.70. The van der Waals surface area contributed by atoms with E-state index in [1.165, 1.54) is 12.4 Å². The van der Waals surface area contributed by atoms with Crippen molar-refractivity contribution >= 4 is 11.7 Å². The third kappa shape index (κ3) is 2.14. The lowest BCUT2D eigenvalue weighted by molar-refractivity contribution is -0.122. The standard InChI is InChI=1S/C14H13N3O2/c1-9-10-4-2-3-5-11(10)19-13(9)14(18)17-12-8-15-6-7-16-12/h2-9,13H,1H3,(H,16,17,18)/t9-,13+/m0/s1. The molecule has 1 N–H and O–H groups in total. The second kappa shape index (κ2) is 4.68. The highest BCUT2D eigenvalue weighted by atomic mass is 16.5. The number of carbonyl (C=O) groups is 1. The summed E-state index contributed by atoms with van der Waals surface area (Å²) in [5.74, 6) is 1.02. The fraction of sp³-hybridized carbons (Fsp3) is 0.214. The number of aromatic nitrogens is 2. The van der Waals surface area contributed by atoms with Gasteiger partial charge in [0.1, 0.15) is 5.75 Å². The molecule has 3 rings (SSSR count).